The molecule has 33 heavy (non-hydrogen) atoms. The number of methoxy groups -OCH3 is 4. The quantitative estimate of drug-likeness (QED) is 0.559. The molecule has 0 saturated heterocycles. The Kier molecular flexibility index (Phi) is 8.24. The molecule has 0 unspecified atom stereocenters. The molecule has 1 aliphatic rings. The summed E-state index contributed by atoms with van der Waals surface area (Å²) in [6.45, 7) is 2.95. The van der Waals surface area contributed by atoms with E-state index in [1.807, 2.05) is 55.5 Å². The lowest BCUT2D eigenvalue weighted by Gasteiger charge is -2.28. The molecule has 176 valence electrons. The molecule has 0 saturated carbocycles. The summed E-state index contributed by atoms with van der Waals surface area (Å²) in [6, 6.07) is 9.29. The van der Waals surface area contributed by atoms with Crippen molar-refractivity contribution in [2.45, 2.75) is 13.3 Å². The van der Waals surface area contributed by atoms with Gasteiger partial charge in [0.05, 0.1) is 34.0 Å². The lowest BCUT2D eigenvalue weighted by Crippen LogP contribution is -2.37. The standard InChI is InChI=1S/C26H31NO6/c1-6-7-18-8-9-21(22(14-18)30-3)33-17-25(28)27-12-10-19(11-13-27)26-23(31-4)15-20(29-2)16-24(26)32-5/h6-10,14-16H,11-13,17H2,1-5H3/b7-6+. The molecular formula is C26H31NO6. The number of hydrogen-bond acceptors (Lipinski definition) is 6. The maximum absolute atomic E-state index is 12.8. The zero-order valence-corrected chi connectivity index (χ0v) is 19.8. The third-order valence-electron chi connectivity index (χ3n) is 5.50. The van der Waals surface area contributed by atoms with Gasteiger partial charge in [-0.15, -0.1) is 0 Å². The molecule has 7 nitrogen and oxygen atoms in total. The smallest absolute Gasteiger partial charge is 0.260 e. The van der Waals surface area contributed by atoms with Gasteiger partial charge in [-0.2, -0.15) is 0 Å². The van der Waals surface area contributed by atoms with Crippen molar-refractivity contribution in [3.63, 3.8) is 0 Å². The van der Waals surface area contributed by atoms with Crippen LogP contribution < -0.4 is 23.7 Å². The Hall–Kier alpha value is -3.61. The van der Waals surface area contributed by atoms with Crippen molar-refractivity contribution in [1.29, 1.82) is 0 Å². The number of benzene rings is 2. The Bertz CT molecular complexity index is 1020. The predicted octanol–water partition coefficient (Wildman–Crippen LogP) is 4.45. The van der Waals surface area contributed by atoms with Crippen LogP contribution in [-0.2, 0) is 4.79 Å². The maximum atomic E-state index is 12.8. The highest BCUT2D eigenvalue weighted by Gasteiger charge is 2.23. The molecule has 0 N–H and O–H groups in total. The van der Waals surface area contributed by atoms with E-state index in [2.05, 4.69) is 0 Å². The summed E-state index contributed by atoms with van der Waals surface area (Å²) in [5, 5.41) is 0. The molecule has 2 aromatic carbocycles. The zero-order valence-electron chi connectivity index (χ0n) is 19.8. The predicted molar refractivity (Wildman–Crippen MR) is 128 cm³/mol. The summed E-state index contributed by atoms with van der Waals surface area (Å²) < 4.78 is 27.7. The molecule has 1 heterocycles. The minimum absolute atomic E-state index is 0.0579. The molecule has 0 spiro atoms. The third-order valence-corrected chi connectivity index (χ3v) is 5.50. The van der Waals surface area contributed by atoms with Gasteiger partial charge in [-0.3, -0.25) is 4.79 Å². The molecule has 0 atom stereocenters. The molecule has 7 heteroatoms. The molecule has 1 aliphatic heterocycles. The van der Waals surface area contributed by atoms with Crippen molar-refractivity contribution < 1.29 is 28.5 Å². The first kappa shape index (κ1) is 24.0. The van der Waals surface area contributed by atoms with E-state index in [1.165, 1.54) is 0 Å². The highest BCUT2D eigenvalue weighted by molar-refractivity contribution is 5.82. The topological polar surface area (TPSA) is 66.5 Å². The summed E-state index contributed by atoms with van der Waals surface area (Å²) in [5.41, 5.74) is 2.96. The van der Waals surface area contributed by atoms with E-state index in [9.17, 15) is 4.79 Å². The van der Waals surface area contributed by atoms with Gasteiger partial charge in [0.2, 0.25) is 0 Å². The van der Waals surface area contributed by atoms with Crippen molar-refractivity contribution in [3.8, 4) is 28.7 Å². The summed E-state index contributed by atoms with van der Waals surface area (Å²) in [4.78, 5) is 14.5. The van der Waals surface area contributed by atoms with E-state index in [1.54, 1.807) is 33.3 Å². The van der Waals surface area contributed by atoms with Gasteiger partial charge in [-0.05, 0) is 36.6 Å². The molecule has 3 rings (SSSR count). The Balaban J connectivity index is 1.69. The van der Waals surface area contributed by atoms with E-state index < -0.39 is 0 Å². The summed E-state index contributed by atoms with van der Waals surface area (Å²) in [5.74, 6) is 3.06. The third kappa shape index (κ3) is 5.61. The lowest BCUT2D eigenvalue weighted by atomic mass is 9.97. The van der Waals surface area contributed by atoms with E-state index in [4.69, 9.17) is 23.7 Å². The fourth-order valence-corrected chi connectivity index (χ4v) is 3.78. The largest absolute Gasteiger partial charge is 0.496 e. The van der Waals surface area contributed by atoms with Crippen LogP contribution in [0.4, 0.5) is 0 Å². The number of nitrogens with zero attached hydrogens (tertiary/aromatic N) is 1. The number of amides is 1. The SMILES string of the molecule is C/C=C/c1ccc(OCC(=O)N2CC=C(c3c(OC)cc(OC)cc3OC)CC2)c(OC)c1. The maximum Gasteiger partial charge on any atom is 0.260 e. The number of ether oxygens (including phenoxy) is 5. The van der Waals surface area contributed by atoms with Crippen molar-refractivity contribution in [2.75, 3.05) is 48.1 Å². The van der Waals surface area contributed by atoms with Crippen molar-refractivity contribution in [2.24, 2.45) is 0 Å². The lowest BCUT2D eigenvalue weighted by molar-refractivity contribution is -0.132. The van der Waals surface area contributed by atoms with E-state index >= 15 is 0 Å². The van der Waals surface area contributed by atoms with Crippen LogP contribution in [0.15, 0.2) is 42.5 Å². The Labute approximate surface area is 195 Å². The van der Waals surface area contributed by atoms with Crippen LogP contribution in [-0.4, -0.2) is 58.9 Å². The second kappa shape index (κ2) is 11.3. The van der Waals surface area contributed by atoms with Crippen molar-refractivity contribution in [3.05, 3.63) is 53.6 Å². The first-order valence-corrected chi connectivity index (χ1v) is 10.7. The monoisotopic (exact) mass is 453 g/mol. The molecule has 2 aromatic rings. The molecule has 0 radical (unpaired) electrons. The Morgan fingerprint density at radius 3 is 2.18 bits per heavy atom. The molecule has 0 aromatic heterocycles. The first-order valence-electron chi connectivity index (χ1n) is 10.7. The average Bonchev–Trinajstić information content (AvgIpc) is 2.86. The number of rotatable bonds is 9. The molecule has 0 aliphatic carbocycles. The van der Waals surface area contributed by atoms with Crippen LogP contribution >= 0.6 is 0 Å². The van der Waals surface area contributed by atoms with Gasteiger partial charge in [0.15, 0.2) is 18.1 Å². The van der Waals surface area contributed by atoms with E-state index in [-0.39, 0.29) is 12.5 Å². The summed E-state index contributed by atoms with van der Waals surface area (Å²) in [7, 11) is 6.43. The van der Waals surface area contributed by atoms with Crippen LogP contribution in [0, 0.1) is 0 Å². The van der Waals surface area contributed by atoms with Crippen LogP contribution in [0.1, 0.15) is 24.5 Å². The fourth-order valence-electron chi connectivity index (χ4n) is 3.78. The number of carbonyl (C=O) groups excluding carboxylic acids is 1. The fraction of sp³-hybridized carbons (Fsp3) is 0.346. The van der Waals surface area contributed by atoms with Gasteiger partial charge in [0.25, 0.3) is 5.91 Å². The second-order valence-corrected chi connectivity index (χ2v) is 7.43. The van der Waals surface area contributed by atoms with Crippen LogP contribution in [0.3, 0.4) is 0 Å². The Morgan fingerprint density at radius 2 is 1.64 bits per heavy atom. The number of allylic oxidation sites excluding steroid dienone is 1. The number of hydrogen-bond donors (Lipinski definition) is 0. The van der Waals surface area contributed by atoms with Crippen LogP contribution in [0.25, 0.3) is 11.6 Å². The molecule has 0 bridgehead atoms. The van der Waals surface area contributed by atoms with Crippen LogP contribution in [0.2, 0.25) is 0 Å². The van der Waals surface area contributed by atoms with Gasteiger partial charge < -0.3 is 28.6 Å². The first-order chi connectivity index (χ1) is 16.0. The van der Waals surface area contributed by atoms with Gasteiger partial charge in [-0.25, -0.2) is 0 Å². The molecule has 1 amide bonds. The summed E-state index contributed by atoms with van der Waals surface area (Å²) >= 11 is 0. The second-order valence-electron chi connectivity index (χ2n) is 7.43. The molecular weight excluding hydrogens is 422 g/mol. The van der Waals surface area contributed by atoms with Gasteiger partial charge in [-0.1, -0.05) is 24.3 Å². The van der Waals surface area contributed by atoms with Gasteiger partial charge in [0, 0.05) is 25.2 Å². The van der Waals surface area contributed by atoms with Gasteiger partial charge >= 0.3 is 0 Å². The zero-order chi connectivity index (χ0) is 23.8. The minimum atomic E-state index is -0.0847. The summed E-state index contributed by atoms with van der Waals surface area (Å²) in [6.07, 6.45) is 6.63. The molecule has 0 fully saturated rings. The Morgan fingerprint density at radius 1 is 0.939 bits per heavy atom. The van der Waals surface area contributed by atoms with Crippen molar-refractivity contribution in [1.82, 2.24) is 4.90 Å². The number of carbonyl (C=O) groups is 1. The van der Waals surface area contributed by atoms with Crippen molar-refractivity contribution >= 4 is 17.6 Å². The normalized spacial score (nSPS) is 13.5. The highest BCUT2D eigenvalue weighted by Crippen LogP contribution is 2.40. The highest BCUT2D eigenvalue weighted by atomic mass is 16.5. The minimum Gasteiger partial charge on any atom is -0.496 e. The average molecular weight is 454 g/mol. The van der Waals surface area contributed by atoms with Crippen LogP contribution in [0.5, 0.6) is 28.7 Å². The van der Waals surface area contributed by atoms with Gasteiger partial charge in [0.1, 0.15) is 17.2 Å². The van der Waals surface area contributed by atoms with E-state index in [0.29, 0.717) is 48.3 Å². The van der Waals surface area contributed by atoms with E-state index in [0.717, 1.165) is 16.7 Å².